The number of carbonyl (C=O) groups excluding carboxylic acids is 1. The summed E-state index contributed by atoms with van der Waals surface area (Å²) in [4.78, 5) is 11.6. The molecule has 0 radical (unpaired) electrons. The van der Waals surface area contributed by atoms with Crippen LogP contribution in [-0.2, 0) is 11.3 Å². The van der Waals surface area contributed by atoms with Crippen molar-refractivity contribution in [1.82, 2.24) is 5.01 Å². The molecule has 7 nitrogen and oxygen atoms in total. The van der Waals surface area contributed by atoms with Crippen molar-refractivity contribution in [2.75, 3.05) is 32.4 Å². The number of carbonyl (C=O) groups is 1. The van der Waals surface area contributed by atoms with Crippen LogP contribution in [0.15, 0.2) is 47.6 Å². The zero-order valence-corrected chi connectivity index (χ0v) is 18.8. The molecular weight excluding hydrogens is 413 g/mol. The van der Waals surface area contributed by atoms with E-state index in [9.17, 15) is 9.18 Å². The maximum atomic E-state index is 12.8. The number of nitrogens with one attached hydrogen (secondary N) is 1. The molecule has 32 heavy (non-hydrogen) atoms. The molecule has 1 amide bonds. The van der Waals surface area contributed by atoms with Gasteiger partial charge in [0.15, 0.2) is 11.5 Å². The third-order valence-electron chi connectivity index (χ3n) is 5.37. The average Bonchev–Trinajstić information content (AvgIpc) is 2.80. The highest BCUT2D eigenvalue weighted by Gasteiger charge is 2.24. The van der Waals surface area contributed by atoms with Crippen molar-refractivity contribution in [2.45, 2.75) is 33.2 Å². The summed E-state index contributed by atoms with van der Waals surface area (Å²) in [6, 6.07) is 13.1. The van der Waals surface area contributed by atoms with Crippen LogP contribution < -0.4 is 14.8 Å². The summed E-state index contributed by atoms with van der Waals surface area (Å²) in [7, 11) is 1.53. The first kappa shape index (κ1) is 23.4. The molecule has 8 heteroatoms. The van der Waals surface area contributed by atoms with Gasteiger partial charge in [0.25, 0.3) is 0 Å². The Morgan fingerprint density at radius 2 is 1.97 bits per heavy atom. The van der Waals surface area contributed by atoms with Crippen molar-refractivity contribution in [3.05, 3.63) is 53.6 Å². The number of benzene rings is 2. The highest BCUT2D eigenvalue weighted by atomic mass is 19.1. The van der Waals surface area contributed by atoms with E-state index < -0.39 is 13.0 Å². The molecule has 0 saturated carbocycles. The van der Waals surface area contributed by atoms with Crippen molar-refractivity contribution in [1.29, 1.82) is 0 Å². The van der Waals surface area contributed by atoms with Crippen LogP contribution >= 0.6 is 0 Å². The number of halogens is 1. The molecule has 1 atom stereocenters. The molecule has 1 aliphatic heterocycles. The van der Waals surface area contributed by atoms with Crippen molar-refractivity contribution < 1.29 is 23.4 Å². The number of ether oxygens (including phenoxy) is 3. The van der Waals surface area contributed by atoms with Crippen molar-refractivity contribution >= 4 is 17.5 Å². The molecule has 0 aromatic heterocycles. The quantitative estimate of drug-likeness (QED) is 0.576. The molecule has 1 heterocycles. The van der Waals surface area contributed by atoms with Gasteiger partial charge < -0.3 is 14.2 Å². The van der Waals surface area contributed by atoms with Crippen LogP contribution in [0.3, 0.4) is 0 Å². The van der Waals surface area contributed by atoms with Gasteiger partial charge in [-0.05, 0) is 55.7 Å². The van der Waals surface area contributed by atoms with Gasteiger partial charge in [-0.3, -0.25) is 10.3 Å². The van der Waals surface area contributed by atoms with Crippen LogP contribution in [0.2, 0.25) is 0 Å². The van der Waals surface area contributed by atoms with E-state index in [4.69, 9.17) is 19.3 Å². The molecule has 0 bridgehead atoms. The molecule has 1 unspecified atom stereocenters. The molecule has 172 valence electrons. The number of hydrazone groups is 1. The minimum absolute atomic E-state index is 0.314. The first-order valence-corrected chi connectivity index (χ1v) is 10.8. The Balaban J connectivity index is 1.77. The Morgan fingerprint density at radius 1 is 1.19 bits per heavy atom. The molecular formula is C24H30FN3O4. The molecule has 2 aromatic carbocycles. The maximum Gasteiger partial charge on any atom is 0.411 e. The number of hydrogen-bond acceptors (Lipinski definition) is 6. The van der Waals surface area contributed by atoms with Gasteiger partial charge in [0, 0.05) is 23.7 Å². The van der Waals surface area contributed by atoms with Crippen LogP contribution in [0.1, 0.15) is 37.8 Å². The number of alkyl halides is 1. The van der Waals surface area contributed by atoms with Crippen LogP contribution in [-0.4, -0.2) is 43.9 Å². The lowest BCUT2D eigenvalue weighted by molar-refractivity contribution is 0.168. The zero-order valence-electron chi connectivity index (χ0n) is 18.8. The van der Waals surface area contributed by atoms with Gasteiger partial charge in [0.1, 0.15) is 0 Å². The monoisotopic (exact) mass is 443 g/mol. The van der Waals surface area contributed by atoms with Gasteiger partial charge in [-0.25, -0.2) is 9.18 Å². The Hall–Kier alpha value is -3.29. The second kappa shape index (κ2) is 11.4. The SMILES string of the molecule is CCOC(=O)Nc1ccc(CN2CCC(CC)C(c3ccc(OC)c(OCF)c3)=N2)cc1. The van der Waals surface area contributed by atoms with Gasteiger partial charge in [-0.2, -0.15) is 5.10 Å². The molecule has 0 saturated heterocycles. The van der Waals surface area contributed by atoms with Gasteiger partial charge >= 0.3 is 6.09 Å². The van der Waals surface area contributed by atoms with Crippen LogP contribution in [0.25, 0.3) is 0 Å². The van der Waals surface area contributed by atoms with Crippen LogP contribution in [0, 0.1) is 5.92 Å². The summed E-state index contributed by atoms with van der Waals surface area (Å²) in [6.07, 6.45) is 1.47. The topological polar surface area (TPSA) is 72.4 Å². The fourth-order valence-electron chi connectivity index (χ4n) is 3.73. The van der Waals surface area contributed by atoms with Gasteiger partial charge in [0.2, 0.25) is 6.86 Å². The lowest BCUT2D eigenvalue weighted by Gasteiger charge is -2.31. The van der Waals surface area contributed by atoms with E-state index in [1.165, 1.54) is 7.11 Å². The highest BCUT2D eigenvalue weighted by molar-refractivity contribution is 6.02. The van der Waals surface area contributed by atoms with Crippen molar-refractivity contribution in [3.63, 3.8) is 0 Å². The highest BCUT2D eigenvalue weighted by Crippen LogP contribution is 2.31. The lowest BCUT2D eigenvalue weighted by atomic mass is 9.90. The minimum atomic E-state index is -0.920. The first-order chi connectivity index (χ1) is 15.6. The fraction of sp³-hybridized carbons (Fsp3) is 0.417. The molecule has 1 N–H and O–H groups in total. The molecule has 3 rings (SSSR count). The second-order valence-corrected chi connectivity index (χ2v) is 7.43. The van der Waals surface area contributed by atoms with Crippen molar-refractivity contribution in [2.24, 2.45) is 11.0 Å². The third kappa shape index (κ3) is 5.90. The Morgan fingerprint density at radius 3 is 2.62 bits per heavy atom. The normalized spacial score (nSPS) is 15.7. The number of hydrogen-bond donors (Lipinski definition) is 1. The summed E-state index contributed by atoms with van der Waals surface area (Å²) in [5.74, 6) is 1.17. The number of amides is 1. The fourth-order valence-corrected chi connectivity index (χ4v) is 3.73. The third-order valence-corrected chi connectivity index (χ3v) is 5.37. The summed E-state index contributed by atoms with van der Waals surface area (Å²) in [5.41, 5.74) is 3.62. The summed E-state index contributed by atoms with van der Waals surface area (Å²) >= 11 is 0. The molecule has 2 aromatic rings. The standard InChI is InChI=1S/C24H30FN3O4/c1-4-18-12-13-28(15-17-6-9-20(10-7-17)26-24(29)31-5-2)27-23(18)19-8-11-21(30-3)22(14-19)32-16-25/h6-11,14,18H,4-5,12-13,15-16H2,1-3H3,(H,26,29). The molecule has 0 fully saturated rings. The van der Waals surface area contributed by atoms with E-state index in [2.05, 4.69) is 12.2 Å². The van der Waals surface area contributed by atoms with Gasteiger partial charge in [-0.1, -0.05) is 19.1 Å². The van der Waals surface area contributed by atoms with Gasteiger partial charge in [0.05, 0.1) is 26.0 Å². The summed E-state index contributed by atoms with van der Waals surface area (Å²) < 4.78 is 28.1. The zero-order chi connectivity index (χ0) is 22.9. The maximum absolute atomic E-state index is 12.8. The van der Waals surface area contributed by atoms with E-state index >= 15 is 0 Å². The van der Waals surface area contributed by atoms with E-state index in [1.54, 1.807) is 19.1 Å². The van der Waals surface area contributed by atoms with E-state index in [1.807, 2.05) is 35.3 Å². The number of nitrogens with zero attached hydrogens (tertiary/aromatic N) is 2. The predicted octanol–water partition coefficient (Wildman–Crippen LogP) is 5.21. The molecule has 1 aliphatic rings. The average molecular weight is 444 g/mol. The van der Waals surface area contributed by atoms with Crippen LogP contribution in [0.5, 0.6) is 11.5 Å². The smallest absolute Gasteiger partial charge is 0.411 e. The summed E-state index contributed by atoms with van der Waals surface area (Å²) in [5, 5.41) is 9.65. The predicted molar refractivity (Wildman–Crippen MR) is 122 cm³/mol. The van der Waals surface area contributed by atoms with Crippen molar-refractivity contribution in [3.8, 4) is 11.5 Å². The lowest BCUT2D eigenvalue weighted by Crippen LogP contribution is -2.32. The Kier molecular flexibility index (Phi) is 8.30. The molecule has 0 aliphatic carbocycles. The van der Waals surface area contributed by atoms with E-state index in [-0.39, 0.29) is 0 Å². The first-order valence-electron chi connectivity index (χ1n) is 10.8. The largest absolute Gasteiger partial charge is 0.493 e. The number of anilines is 1. The minimum Gasteiger partial charge on any atom is -0.493 e. The Labute approximate surface area is 188 Å². The number of rotatable bonds is 9. The Bertz CT molecular complexity index is 933. The molecule has 0 spiro atoms. The summed E-state index contributed by atoms with van der Waals surface area (Å²) in [6.45, 7) is 4.80. The van der Waals surface area contributed by atoms with E-state index in [0.29, 0.717) is 36.3 Å². The van der Waals surface area contributed by atoms with Gasteiger partial charge in [-0.15, -0.1) is 0 Å². The van der Waals surface area contributed by atoms with E-state index in [0.717, 1.165) is 36.2 Å². The number of methoxy groups -OCH3 is 1. The second-order valence-electron chi connectivity index (χ2n) is 7.43. The van der Waals surface area contributed by atoms with Crippen LogP contribution in [0.4, 0.5) is 14.9 Å².